The first-order chi connectivity index (χ1) is 16.6. The lowest BCUT2D eigenvalue weighted by molar-refractivity contribution is -0.124. The fraction of sp³-hybridized carbons (Fsp3) is 0.231. The molecule has 0 spiro atoms. The van der Waals surface area contributed by atoms with Crippen LogP contribution in [-0.4, -0.2) is 40.4 Å². The first-order valence-electron chi connectivity index (χ1n) is 11.2. The molecule has 0 unspecified atom stereocenters. The van der Waals surface area contributed by atoms with E-state index in [0.29, 0.717) is 18.0 Å². The monoisotopic (exact) mass is 458 g/mol. The minimum atomic E-state index is -0.930. The van der Waals surface area contributed by atoms with Crippen molar-refractivity contribution in [2.45, 2.75) is 32.4 Å². The van der Waals surface area contributed by atoms with Crippen molar-refractivity contribution in [3.63, 3.8) is 0 Å². The van der Waals surface area contributed by atoms with Gasteiger partial charge in [-0.1, -0.05) is 31.2 Å². The molecule has 1 N–H and O–H groups in total. The van der Waals surface area contributed by atoms with Crippen LogP contribution in [-0.2, 0) is 16.1 Å². The van der Waals surface area contributed by atoms with E-state index in [1.165, 1.54) is 4.90 Å². The number of hydrogen-bond donors (Lipinski definition) is 1. The van der Waals surface area contributed by atoms with E-state index in [-0.39, 0.29) is 18.9 Å². The fourth-order valence-electron chi connectivity index (χ4n) is 3.76. The van der Waals surface area contributed by atoms with Gasteiger partial charge in [0.25, 0.3) is 5.91 Å². The Bertz CT molecular complexity index is 1140. The summed E-state index contributed by atoms with van der Waals surface area (Å²) in [5, 5.41) is 2.81. The number of imide groups is 1. The highest BCUT2D eigenvalue weighted by molar-refractivity contribution is 6.22. The zero-order valence-electron chi connectivity index (χ0n) is 18.9. The zero-order chi connectivity index (χ0) is 23.9. The molecule has 8 heteroatoms. The molecule has 34 heavy (non-hydrogen) atoms. The van der Waals surface area contributed by atoms with Gasteiger partial charge in [-0.25, -0.2) is 9.69 Å². The SMILES string of the molecule is CCCOc1ccc(NC(=O)C[C@H]2C(=O)N(c3ccccc3)C(=O)N2Cc2cccnc2)cc1. The summed E-state index contributed by atoms with van der Waals surface area (Å²) >= 11 is 0. The molecule has 4 rings (SSSR count). The maximum atomic E-state index is 13.3. The number of nitrogens with one attached hydrogen (secondary N) is 1. The lowest BCUT2D eigenvalue weighted by atomic mass is 10.1. The van der Waals surface area contributed by atoms with E-state index >= 15 is 0 Å². The average Bonchev–Trinajstić information content (AvgIpc) is 3.08. The first-order valence-corrected chi connectivity index (χ1v) is 11.2. The largest absolute Gasteiger partial charge is 0.494 e. The van der Waals surface area contributed by atoms with Gasteiger partial charge >= 0.3 is 6.03 Å². The fourth-order valence-corrected chi connectivity index (χ4v) is 3.76. The Morgan fingerprint density at radius 2 is 1.79 bits per heavy atom. The van der Waals surface area contributed by atoms with Crippen LogP contribution < -0.4 is 15.0 Å². The van der Waals surface area contributed by atoms with Gasteiger partial charge in [-0.3, -0.25) is 14.6 Å². The molecule has 1 fully saturated rings. The molecule has 1 aromatic heterocycles. The van der Waals surface area contributed by atoms with E-state index in [2.05, 4.69) is 10.3 Å². The number of rotatable bonds is 9. The van der Waals surface area contributed by atoms with Gasteiger partial charge in [0.15, 0.2) is 0 Å². The third-order valence-corrected chi connectivity index (χ3v) is 5.40. The third-order valence-electron chi connectivity index (χ3n) is 5.40. The second kappa shape index (κ2) is 10.6. The predicted octanol–water partition coefficient (Wildman–Crippen LogP) is 4.24. The number of amides is 4. The molecule has 0 aliphatic carbocycles. The van der Waals surface area contributed by atoms with E-state index in [1.807, 2.05) is 19.1 Å². The molecule has 174 valence electrons. The smallest absolute Gasteiger partial charge is 0.332 e. The third kappa shape index (κ3) is 5.23. The van der Waals surface area contributed by atoms with Crippen LogP contribution in [0, 0.1) is 0 Å². The minimum Gasteiger partial charge on any atom is -0.494 e. The highest BCUT2D eigenvalue weighted by Gasteiger charge is 2.46. The van der Waals surface area contributed by atoms with Gasteiger partial charge in [-0.2, -0.15) is 0 Å². The Morgan fingerprint density at radius 1 is 1.03 bits per heavy atom. The van der Waals surface area contributed by atoms with Crippen LogP contribution in [0.25, 0.3) is 0 Å². The molecule has 8 nitrogen and oxygen atoms in total. The van der Waals surface area contributed by atoms with Gasteiger partial charge < -0.3 is 15.0 Å². The van der Waals surface area contributed by atoms with Crippen LogP contribution in [0.1, 0.15) is 25.3 Å². The van der Waals surface area contributed by atoms with Crippen molar-refractivity contribution >= 4 is 29.2 Å². The van der Waals surface area contributed by atoms with Crippen molar-refractivity contribution < 1.29 is 19.1 Å². The van der Waals surface area contributed by atoms with Crippen LogP contribution in [0.3, 0.4) is 0 Å². The molecule has 0 saturated carbocycles. The summed E-state index contributed by atoms with van der Waals surface area (Å²) in [7, 11) is 0. The summed E-state index contributed by atoms with van der Waals surface area (Å²) in [6.07, 6.45) is 4.02. The molecule has 1 atom stereocenters. The first kappa shape index (κ1) is 23.0. The second-order valence-corrected chi connectivity index (χ2v) is 7.92. The van der Waals surface area contributed by atoms with Crippen molar-refractivity contribution in [3.8, 4) is 5.75 Å². The van der Waals surface area contributed by atoms with E-state index in [4.69, 9.17) is 4.74 Å². The quantitative estimate of drug-likeness (QED) is 0.485. The summed E-state index contributed by atoms with van der Waals surface area (Å²) in [6.45, 7) is 2.82. The summed E-state index contributed by atoms with van der Waals surface area (Å²) < 4.78 is 5.56. The Labute approximate surface area is 198 Å². The number of hydrogen-bond acceptors (Lipinski definition) is 5. The molecule has 1 saturated heterocycles. The normalized spacial score (nSPS) is 15.5. The van der Waals surface area contributed by atoms with Crippen molar-refractivity contribution in [1.29, 1.82) is 0 Å². The number of nitrogens with zero attached hydrogens (tertiary/aromatic N) is 3. The molecule has 1 aliphatic heterocycles. The minimum absolute atomic E-state index is 0.164. The second-order valence-electron chi connectivity index (χ2n) is 7.92. The Balaban J connectivity index is 1.51. The summed E-state index contributed by atoms with van der Waals surface area (Å²) in [6, 6.07) is 18.0. The van der Waals surface area contributed by atoms with E-state index in [0.717, 1.165) is 22.6 Å². The van der Waals surface area contributed by atoms with Crippen molar-refractivity contribution in [2.75, 3.05) is 16.8 Å². The number of pyridine rings is 1. The summed E-state index contributed by atoms with van der Waals surface area (Å²) in [4.78, 5) is 46.1. The van der Waals surface area contributed by atoms with Crippen molar-refractivity contribution in [1.82, 2.24) is 9.88 Å². The van der Waals surface area contributed by atoms with Gasteiger partial charge in [0, 0.05) is 24.6 Å². The maximum absolute atomic E-state index is 13.3. The molecule has 0 radical (unpaired) electrons. The average molecular weight is 459 g/mol. The predicted molar refractivity (Wildman–Crippen MR) is 128 cm³/mol. The van der Waals surface area contributed by atoms with Gasteiger partial charge in [-0.15, -0.1) is 0 Å². The van der Waals surface area contributed by atoms with Crippen LogP contribution in [0.15, 0.2) is 79.1 Å². The van der Waals surface area contributed by atoms with Gasteiger partial charge in [0.2, 0.25) is 5.91 Å². The molecule has 2 heterocycles. The Kier molecular flexibility index (Phi) is 7.17. The maximum Gasteiger partial charge on any atom is 0.332 e. The molecule has 4 amide bonds. The number of benzene rings is 2. The summed E-state index contributed by atoms with van der Waals surface area (Å²) in [5.41, 5.74) is 1.83. The van der Waals surface area contributed by atoms with Crippen LogP contribution in [0.4, 0.5) is 16.2 Å². The highest BCUT2D eigenvalue weighted by atomic mass is 16.5. The standard InChI is InChI=1S/C26H26N4O4/c1-2-15-34-22-12-10-20(11-13-22)28-24(31)16-23-25(32)30(21-8-4-3-5-9-21)26(33)29(23)18-19-7-6-14-27-17-19/h3-14,17,23H,2,15-16,18H2,1H3,(H,28,31)/t23-/m0/s1. The molecular weight excluding hydrogens is 432 g/mol. The number of carbonyl (C=O) groups excluding carboxylic acids is 3. The number of aromatic nitrogens is 1. The topological polar surface area (TPSA) is 91.8 Å². The number of para-hydroxylation sites is 1. The lowest BCUT2D eigenvalue weighted by Gasteiger charge is -2.21. The van der Waals surface area contributed by atoms with Gasteiger partial charge in [-0.05, 0) is 54.4 Å². The van der Waals surface area contributed by atoms with E-state index in [9.17, 15) is 14.4 Å². The Hall–Kier alpha value is -4.20. The molecular formula is C26H26N4O4. The number of ether oxygens (including phenoxy) is 1. The number of urea groups is 1. The number of carbonyl (C=O) groups is 3. The van der Waals surface area contributed by atoms with Crippen LogP contribution in [0.5, 0.6) is 5.75 Å². The molecule has 3 aromatic rings. The molecule has 1 aliphatic rings. The van der Waals surface area contributed by atoms with Crippen molar-refractivity contribution in [3.05, 3.63) is 84.7 Å². The molecule has 2 aromatic carbocycles. The lowest BCUT2D eigenvalue weighted by Crippen LogP contribution is -2.37. The Morgan fingerprint density at radius 3 is 2.47 bits per heavy atom. The van der Waals surface area contributed by atoms with Crippen LogP contribution >= 0.6 is 0 Å². The van der Waals surface area contributed by atoms with E-state index in [1.54, 1.807) is 67.0 Å². The molecule has 0 bridgehead atoms. The summed E-state index contributed by atoms with van der Waals surface area (Å²) in [5.74, 6) is -0.0735. The zero-order valence-corrected chi connectivity index (χ0v) is 18.9. The van der Waals surface area contributed by atoms with E-state index < -0.39 is 18.0 Å². The van der Waals surface area contributed by atoms with Gasteiger partial charge in [0.05, 0.1) is 18.7 Å². The van der Waals surface area contributed by atoms with Crippen molar-refractivity contribution in [2.24, 2.45) is 0 Å². The van der Waals surface area contributed by atoms with Crippen LogP contribution in [0.2, 0.25) is 0 Å². The number of anilines is 2. The highest BCUT2D eigenvalue weighted by Crippen LogP contribution is 2.28. The van der Waals surface area contributed by atoms with Gasteiger partial charge in [0.1, 0.15) is 11.8 Å².